The Morgan fingerprint density at radius 3 is 2.68 bits per heavy atom. The van der Waals surface area contributed by atoms with Crippen molar-refractivity contribution in [3.8, 4) is 0 Å². The van der Waals surface area contributed by atoms with E-state index in [1.165, 1.54) is 12.1 Å². The number of hydrogen-bond donors (Lipinski definition) is 2. The van der Waals surface area contributed by atoms with Crippen molar-refractivity contribution in [2.45, 2.75) is 30.9 Å². The van der Waals surface area contributed by atoms with Crippen LogP contribution in [0.5, 0.6) is 0 Å². The van der Waals surface area contributed by atoms with Crippen LogP contribution in [0.4, 0.5) is 5.69 Å². The number of nitro groups is 1. The number of aliphatic hydroxyl groups is 1. The third kappa shape index (κ3) is 2.61. The van der Waals surface area contributed by atoms with Gasteiger partial charge in [0.1, 0.15) is 0 Å². The second-order valence-electron chi connectivity index (χ2n) is 5.88. The molecule has 0 saturated heterocycles. The average molecular weight is 298 g/mol. The van der Waals surface area contributed by atoms with Crippen LogP contribution in [-0.4, -0.2) is 15.6 Å². The molecule has 1 aliphatic carbocycles. The molecule has 2 aromatic carbocycles. The highest BCUT2D eigenvalue weighted by atomic mass is 16.6. The van der Waals surface area contributed by atoms with E-state index in [0.717, 1.165) is 11.1 Å². The van der Waals surface area contributed by atoms with Crippen LogP contribution >= 0.6 is 0 Å². The topological polar surface area (TPSA) is 89.4 Å². The molecule has 2 atom stereocenters. The van der Waals surface area contributed by atoms with Crippen molar-refractivity contribution >= 4 is 5.69 Å². The van der Waals surface area contributed by atoms with Crippen molar-refractivity contribution in [2.24, 2.45) is 5.73 Å². The van der Waals surface area contributed by atoms with Crippen molar-refractivity contribution in [3.05, 3.63) is 75.3 Å². The Morgan fingerprint density at radius 1 is 1.27 bits per heavy atom. The Morgan fingerprint density at radius 2 is 2.00 bits per heavy atom. The standard InChI is InChI=1S/C17H18N2O3/c18-16-15-10-14(19(21)22)7-6-13(15)8-9-17(16,20)11-12-4-2-1-3-5-12/h1-7,10,16,20H,8-9,11,18H2. The third-order valence-corrected chi connectivity index (χ3v) is 4.43. The second kappa shape index (κ2) is 5.51. The van der Waals surface area contributed by atoms with Crippen LogP contribution in [0, 0.1) is 10.1 Å². The van der Waals surface area contributed by atoms with Crippen LogP contribution in [0.15, 0.2) is 48.5 Å². The van der Waals surface area contributed by atoms with E-state index < -0.39 is 16.6 Å². The Labute approximate surface area is 128 Å². The fourth-order valence-electron chi connectivity index (χ4n) is 3.16. The number of nitrogens with two attached hydrogens (primary N) is 1. The quantitative estimate of drug-likeness (QED) is 0.673. The number of hydrogen-bond acceptors (Lipinski definition) is 4. The summed E-state index contributed by atoms with van der Waals surface area (Å²) >= 11 is 0. The number of non-ortho nitro benzene ring substituents is 1. The lowest BCUT2D eigenvalue weighted by atomic mass is 9.73. The summed E-state index contributed by atoms with van der Waals surface area (Å²) in [7, 11) is 0. The van der Waals surface area contributed by atoms with Crippen LogP contribution < -0.4 is 5.73 Å². The normalized spacial score (nSPS) is 23.8. The maximum absolute atomic E-state index is 11.0. The number of rotatable bonds is 3. The molecule has 114 valence electrons. The van der Waals surface area contributed by atoms with Gasteiger partial charge in [-0.25, -0.2) is 0 Å². The van der Waals surface area contributed by atoms with Crippen molar-refractivity contribution in [3.63, 3.8) is 0 Å². The lowest BCUT2D eigenvalue weighted by molar-refractivity contribution is -0.385. The first-order chi connectivity index (χ1) is 10.5. The monoisotopic (exact) mass is 298 g/mol. The van der Waals surface area contributed by atoms with Gasteiger partial charge in [0.25, 0.3) is 5.69 Å². The van der Waals surface area contributed by atoms with Gasteiger partial charge in [-0.3, -0.25) is 10.1 Å². The Balaban J connectivity index is 1.94. The second-order valence-corrected chi connectivity index (χ2v) is 5.88. The molecule has 2 aromatic rings. The highest BCUT2D eigenvalue weighted by molar-refractivity contribution is 5.44. The van der Waals surface area contributed by atoms with Crippen LogP contribution in [0.1, 0.15) is 29.2 Å². The number of nitrogens with zero attached hydrogens (tertiary/aromatic N) is 1. The SMILES string of the molecule is NC1c2cc([N+](=O)[O-])ccc2CCC1(O)Cc1ccccc1. The van der Waals surface area contributed by atoms with Crippen molar-refractivity contribution in [1.29, 1.82) is 0 Å². The van der Waals surface area contributed by atoms with Crippen molar-refractivity contribution < 1.29 is 10.0 Å². The van der Waals surface area contributed by atoms with E-state index in [-0.39, 0.29) is 5.69 Å². The van der Waals surface area contributed by atoms with E-state index in [1.807, 2.05) is 30.3 Å². The Kier molecular flexibility index (Phi) is 3.68. The lowest BCUT2D eigenvalue weighted by Crippen LogP contribution is -2.46. The van der Waals surface area contributed by atoms with E-state index >= 15 is 0 Å². The zero-order valence-corrected chi connectivity index (χ0v) is 12.1. The highest BCUT2D eigenvalue weighted by Gasteiger charge is 2.40. The number of benzene rings is 2. The summed E-state index contributed by atoms with van der Waals surface area (Å²) in [4.78, 5) is 10.5. The van der Waals surface area contributed by atoms with Gasteiger partial charge in [-0.2, -0.15) is 0 Å². The summed E-state index contributed by atoms with van der Waals surface area (Å²) in [5.74, 6) is 0. The summed E-state index contributed by atoms with van der Waals surface area (Å²) in [5, 5.41) is 21.9. The first kappa shape index (κ1) is 14.7. The summed E-state index contributed by atoms with van der Waals surface area (Å²) in [6, 6.07) is 13.8. The zero-order chi connectivity index (χ0) is 15.7. The first-order valence-electron chi connectivity index (χ1n) is 7.29. The molecular formula is C17H18N2O3. The van der Waals surface area contributed by atoms with E-state index in [1.54, 1.807) is 6.07 Å². The molecule has 0 aliphatic heterocycles. The van der Waals surface area contributed by atoms with Gasteiger partial charge in [-0.05, 0) is 29.5 Å². The van der Waals surface area contributed by atoms with Gasteiger partial charge in [0, 0.05) is 18.6 Å². The minimum Gasteiger partial charge on any atom is -0.388 e. The molecule has 1 aliphatic rings. The third-order valence-electron chi connectivity index (χ3n) is 4.43. The van der Waals surface area contributed by atoms with Crippen LogP contribution in [0.25, 0.3) is 0 Å². The molecule has 3 rings (SSSR count). The molecule has 3 N–H and O–H groups in total. The smallest absolute Gasteiger partial charge is 0.269 e. The van der Waals surface area contributed by atoms with Crippen molar-refractivity contribution in [2.75, 3.05) is 0 Å². The van der Waals surface area contributed by atoms with Gasteiger partial charge in [-0.15, -0.1) is 0 Å². The van der Waals surface area contributed by atoms with Crippen molar-refractivity contribution in [1.82, 2.24) is 0 Å². The Bertz CT molecular complexity index is 702. The Hall–Kier alpha value is -2.24. The molecule has 2 unspecified atom stereocenters. The van der Waals surface area contributed by atoms with Gasteiger partial charge in [-0.1, -0.05) is 36.4 Å². The number of aryl methyl sites for hydroxylation is 1. The van der Waals surface area contributed by atoms with Gasteiger partial charge in [0.2, 0.25) is 0 Å². The summed E-state index contributed by atoms with van der Waals surface area (Å²) in [5.41, 5.74) is 7.87. The minimum absolute atomic E-state index is 0.0122. The maximum atomic E-state index is 11.0. The minimum atomic E-state index is -1.08. The van der Waals surface area contributed by atoms with Crippen LogP contribution in [-0.2, 0) is 12.8 Å². The molecule has 0 aromatic heterocycles. The number of fused-ring (bicyclic) bond motifs is 1. The molecule has 5 heteroatoms. The molecule has 0 saturated carbocycles. The predicted molar refractivity (Wildman–Crippen MR) is 83.4 cm³/mol. The summed E-state index contributed by atoms with van der Waals surface area (Å²) < 4.78 is 0. The predicted octanol–water partition coefficient (Wildman–Crippen LogP) is 2.51. The maximum Gasteiger partial charge on any atom is 0.269 e. The fourth-order valence-corrected chi connectivity index (χ4v) is 3.16. The fraction of sp³-hybridized carbons (Fsp3) is 0.294. The average Bonchev–Trinajstić information content (AvgIpc) is 2.52. The highest BCUT2D eigenvalue weighted by Crippen LogP contribution is 2.39. The van der Waals surface area contributed by atoms with Gasteiger partial charge < -0.3 is 10.8 Å². The molecule has 0 fully saturated rings. The molecule has 0 bridgehead atoms. The first-order valence-corrected chi connectivity index (χ1v) is 7.29. The number of nitro benzene ring substituents is 1. The summed E-state index contributed by atoms with van der Waals surface area (Å²) in [6.07, 6.45) is 1.66. The van der Waals surface area contributed by atoms with E-state index in [2.05, 4.69) is 0 Å². The summed E-state index contributed by atoms with van der Waals surface area (Å²) in [6.45, 7) is 0. The lowest BCUT2D eigenvalue weighted by Gasteiger charge is -2.39. The largest absolute Gasteiger partial charge is 0.388 e. The van der Waals surface area contributed by atoms with Gasteiger partial charge in [0.05, 0.1) is 16.6 Å². The molecule has 22 heavy (non-hydrogen) atoms. The van der Waals surface area contributed by atoms with E-state index in [9.17, 15) is 15.2 Å². The van der Waals surface area contributed by atoms with E-state index in [4.69, 9.17) is 5.73 Å². The molecule has 0 radical (unpaired) electrons. The molecule has 0 spiro atoms. The molecule has 0 amide bonds. The zero-order valence-electron chi connectivity index (χ0n) is 12.1. The van der Waals surface area contributed by atoms with Crippen LogP contribution in [0.2, 0.25) is 0 Å². The van der Waals surface area contributed by atoms with Crippen LogP contribution in [0.3, 0.4) is 0 Å². The molecule has 5 nitrogen and oxygen atoms in total. The van der Waals surface area contributed by atoms with E-state index in [0.29, 0.717) is 24.8 Å². The van der Waals surface area contributed by atoms with Gasteiger partial charge >= 0.3 is 0 Å². The van der Waals surface area contributed by atoms with Gasteiger partial charge in [0.15, 0.2) is 0 Å². The molecular weight excluding hydrogens is 280 g/mol. The molecule has 0 heterocycles.